The highest BCUT2D eigenvalue weighted by molar-refractivity contribution is 6.03. The second kappa shape index (κ2) is 9.53. The number of carbonyl (C=O) groups excluding carboxylic acids is 2. The van der Waals surface area contributed by atoms with E-state index in [2.05, 4.69) is 5.32 Å². The lowest BCUT2D eigenvalue weighted by Crippen LogP contribution is -3.00. The number of halogens is 1. The Bertz CT molecular complexity index is 1250. The number of rotatable bonds is 4. The summed E-state index contributed by atoms with van der Waals surface area (Å²) in [6.45, 7) is 0. The van der Waals surface area contributed by atoms with Crippen molar-refractivity contribution >= 4 is 23.5 Å². The van der Waals surface area contributed by atoms with Crippen LogP contribution in [0.5, 0.6) is 5.75 Å². The first-order valence-electron chi connectivity index (χ1n) is 9.80. The molecular weight excluding hydrogens is 428 g/mol. The minimum absolute atomic E-state index is 0. The van der Waals surface area contributed by atoms with Gasteiger partial charge in [-0.15, -0.1) is 0 Å². The van der Waals surface area contributed by atoms with Gasteiger partial charge in [-0.3, -0.25) is 9.36 Å². The molecule has 32 heavy (non-hydrogen) atoms. The molecule has 2 heterocycles. The normalized spacial score (nSPS) is 10.3. The largest absolute Gasteiger partial charge is 1.00 e. The van der Waals surface area contributed by atoms with E-state index in [9.17, 15) is 9.59 Å². The van der Waals surface area contributed by atoms with Crippen LogP contribution in [0, 0.1) is 0 Å². The fourth-order valence-electron chi connectivity index (χ4n) is 3.28. The van der Waals surface area contributed by atoms with Gasteiger partial charge in [0, 0.05) is 31.8 Å². The predicted molar refractivity (Wildman–Crippen MR) is 118 cm³/mol. The van der Waals surface area contributed by atoms with Crippen LogP contribution in [-0.2, 0) is 7.05 Å². The standard InChI is InChI=1S/C24H22N4O3.ClH/c1-26(2)24(30)31-19-14-12-17(13-15-19)20-16-28-21(10-7-11-22(28)27(20)3)25-23(29)18-8-5-4-6-9-18;/h4-16H,1-3H3;1H. The molecule has 0 fully saturated rings. The fraction of sp³-hybridized carbons (Fsp3) is 0.125. The number of anilines is 1. The molecule has 0 aliphatic carbocycles. The number of imidazole rings is 1. The van der Waals surface area contributed by atoms with E-state index in [1.54, 1.807) is 38.4 Å². The summed E-state index contributed by atoms with van der Waals surface area (Å²) in [5.41, 5.74) is 3.42. The highest BCUT2D eigenvalue weighted by Crippen LogP contribution is 2.24. The number of aryl methyl sites for hydroxylation is 1. The van der Waals surface area contributed by atoms with Crippen LogP contribution in [0.25, 0.3) is 16.9 Å². The molecule has 0 spiro atoms. The number of nitrogens with one attached hydrogen (secondary N) is 1. The monoisotopic (exact) mass is 450 g/mol. The number of hydrogen-bond acceptors (Lipinski definition) is 3. The Balaban J connectivity index is 0.00000289. The lowest BCUT2D eigenvalue weighted by molar-refractivity contribution is -0.494. The molecule has 0 aliphatic rings. The molecule has 0 bridgehead atoms. The van der Waals surface area contributed by atoms with Crippen LogP contribution in [0.1, 0.15) is 10.4 Å². The highest BCUT2D eigenvalue weighted by atomic mass is 35.5. The summed E-state index contributed by atoms with van der Waals surface area (Å²) in [5.74, 6) is 0.979. The van der Waals surface area contributed by atoms with Crippen LogP contribution in [0.4, 0.5) is 10.6 Å². The van der Waals surface area contributed by atoms with E-state index in [1.807, 2.05) is 70.7 Å². The van der Waals surface area contributed by atoms with Crippen molar-refractivity contribution in [2.45, 2.75) is 0 Å². The van der Waals surface area contributed by atoms with Gasteiger partial charge in [-0.2, -0.15) is 0 Å². The van der Waals surface area contributed by atoms with E-state index in [1.165, 1.54) is 4.90 Å². The lowest BCUT2D eigenvalue weighted by atomic mass is 10.1. The SMILES string of the molecule is CN(C)C(=O)Oc1ccc(-c2c[n+]3c(NC(=O)c4ccccc4)cccc3n2C)cc1.[Cl-]. The molecule has 0 saturated carbocycles. The first kappa shape index (κ1) is 22.8. The number of fused-ring (bicyclic) bond motifs is 1. The molecule has 0 radical (unpaired) electrons. The van der Waals surface area contributed by atoms with Crippen LogP contribution in [0.15, 0.2) is 79.0 Å². The Kier molecular flexibility index (Phi) is 6.80. The van der Waals surface area contributed by atoms with Crippen LogP contribution >= 0.6 is 0 Å². The third kappa shape index (κ3) is 4.58. The molecule has 1 N–H and O–H groups in total. The summed E-state index contributed by atoms with van der Waals surface area (Å²) < 4.78 is 9.27. The van der Waals surface area contributed by atoms with Gasteiger partial charge in [0.05, 0.1) is 12.6 Å². The summed E-state index contributed by atoms with van der Waals surface area (Å²) in [6, 6.07) is 22.2. The molecule has 8 heteroatoms. The van der Waals surface area contributed by atoms with Gasteiger partial charge < -0.3 is 22.0 Å². The molecule has 0 saturated heterocycles. The zero-order chi connectivity index (χ0) is 22.0. The van der Waals surface area contributed by atoms with Crippen molar-refractivity contribution in [2.75, 3.05) is 19.4 Å². The van der Waals surface area contributed by atoms with E-state index in [-0.39, 0.29) is 18.3 Å². The zero-order valence-corrected chi connectivity index (χ0v) is 18.7. The second-order valence-electron chi connectivity index (χ2n) is 7.32. The van der Waals surface area contributed by atoms with Gasteiger partial charge in [-0.25, -0.2) is 14.5 Å². The number of nitrogens with zero attached hydrogens (tertiary/aromatic N) is 3. The van der Waals surface area contributed by atoms with Crippen molar-refractivity contribution < 1.29 is 31.1 Å². The number of benzene rings is 2. The number of hydrogen-bond donors (Lipinski definition) is 1. The van der Waals surface area contributed by atoms with Gasteiger partial charge in [0.15, 0.2) is 0 Å². The first-order valence-corrected chi connectivity index (χ1v) is 9.80. The van der Waals surface area contributed by atoms with Crippen molar-refractivity contribution in [1.29, 1.82) is 0 Å². The predicted octanol–water partition coefficient (Wildman–Crippen LogP) is 0.748. The second-order valence-corrected chi connectivity index (χ2v) is 7.32. The maximum absolute atomic E-state index is 12.6. The minimum Gasteiger partial charge on any atom is -1.00 e. The maximum Gasteiger partial charge on any atom is 0.414 e. The minimum atomic E-state index is -0.424. The van der Waals surface area contributed by atoms with Gasteiger partial charge in [0.1, 0.15) is 17.6 Å². The molecule has 0 atom stereocenters. The van der Waals surface area contributed by atoms with E-state index in [4.69, 9.17) is 4.74 Å². The maximum atomic E-state index is 12.6. The molecule has 0 unspecified atom stereocenters. The van der Waals surface area contributed by atoms with Crippen molar-refractivity contribution in [3.63, 3.8) is 0 Å². The smallest absolute Gasteiger partial charge is 0.414 e. The molecule has 7 nitrogen and oxygen atoms in total. The Hall–Kier alpha value is -3.84. The molecular formula is C24H23ClN4O3. The van der Waals surface area contributed by atoms with Crippen LogP contribution in [-0.4, -0.2) is 35.6 Å². The Morgan fingerprint density at radius 1 is 0.938 bits per heavy atom. The topological polar surface area (TPSA) is 67.7 Å². The molecule has 2 aromatic heterocycles. The molecule has 2 amide bonds. The summed E-state index contributed by atoms with van der Waals surface area (Å²) in [4.78, 5) is 25.7. The number of amides is 2. The molecule has 0 aliphatic heterocycles. The van der Waals surface area contributed by atoms with Crippen molar-refractivity contribution in [2.24, 2.45) is 7.05 Å². The molecule has 164 valence electrons. The van der Waals surface area contributed by atoms with Crippen molar-refractivity contribution in [1.82, 2.24) is 9.47 Å². The van der Waals surface area contributed by atoms with Crippen molar-refractivity contribution in [3.05, 3.63) is 84.6 Å². The van der Waals surface area contributed by atoms with E-state index < -0.39 is 6.09 Å². The number of ether oxygens (including phenoxy) is 1. The average Bonchev–Trinajstić information content (AvgIpc) is 3.12. The van der Waals surface area contributed by atoms with E-state index in [0.29, 0.717) is 17.1 Å². The van der Waals surface area contributed by atoms with Gasteiger partial charge in [-0.1, -0.05) is 18.2 Å². The molecule has 4 rings (SSSR count). The Morgan fingerprint density at radius 2 is 1.62 bits per heavy atom. The summed E-state index contributed by atoms with van der Waals surface area (Å²) >= 11 is 0. The van der Waals surface area contributed by atoms with Crippen LogP contribution < -0.4 is 26.9 Å². The average molecular weight is 451 g/mol. The van der Waals surface area contributed by atoms with Gasteiger partial charge in [0.2, 0.25) is 11.5 Å². The zero-order valence-electron chi connectivity index (χ0n) is 17.9. The fourth-order valence-corrected chi connectivity index (χ4v) is 3.28. The number of aromatic nitrogens is 2. The Labute approximate surface area is 192 Å². The van der Waals surface area contributed by atoms with Gasteiger partial charge >= 0.3 is 12.0 Å². The molecule has 2 aromatic carbocycles. The summed E-state index contributed by atoms with van der Waals surface area (Å²) in [7, 11) is 5.24. The number of pyridine rings is 1. The van der Waals surface area contributed by atoms with Gasteiger partial charge in [0.25, 0.3) is 0 Å². The van der Waals surface area contributed by atoms with Crippen LogP contribution in [0.2, 0.25) is 0 Å². The third-order valence-electron chi connectivity index (χ3n) is 4.96. The summed E-state index contributed by atoms with van der Waals surface area (Å²) in [5, 5.41) is 2.98. The lowest BCUT2D eigenvalue weighted by Gasteiger charge is -2.10. The Morgan fingerprint density at radius 3 is 2.28 bits per heavy atom. The third-order valence-corrected chi connectivity index (χ3v) is 4.96. The van der Waals surface area contributed by atoms with Crippen molar-refractivity contribution in [3.8, 4) is 17.0 Å². The van der Waals surface area contributed by atoms with E-state index >= 15 is 0 Å². The molecule has 4 aromatic rings. The highest BCUT2D eigenvalue weighted by Gasteiger charge is 2.19. The summed E-state index contributed by atoms with van der Waals surface area (Å²) in [6.07, 6.45) is 1.54. The van der Waals surface area contributed by atoms with Gasteiger partial charge in [-0.05, 0) is 42.5 Å². The quantitative estimate of drug-likeness (QED) is 0.466. The van der Waals surface area contributed by atoms with E-state index in [0.717, 1.165) is 16.9 Å². The number of carbonyl (C=O) groups is 2. The van der Waals surface area contributed by atoms with Crippen LogP contribution in [0.3, 0.4) is 0 Å². The first-order chi connectivity index (χ1) is 14.9.